The van der Waals surface area contributed by atoms with Crippen molar-refractivity contribution in [1.82, 2.24) is 10.6 Å². The van der Waals surface area contributed by atoms with Crippen LogP contribution < -0.4 is 15.4 Å². The van der Waals surface area contributed by atoms with E-state index in [1.165, 1.54) is 17.7 Å². The third-order valence-electron chi connectivity index (χ3n) is 6.62. The monoisotopic (exact) mass is 522 g/mol. The molecule has 0 aliphatic heterocycles. The minimum Gasteiger partial charge on any atom is -0.488 e. The number of fused-ring (bicyclic) bond motifs is 1. The Morgan fingerprint density at radius 3 is 2.45 bits per heavy atom. The zero-order chi connectivity index (χ0) is 27.3. The van der Waals surface area contributed by atoms with E-state index in [9.17, 15) is 18.7 Å². The lowest BCUT2D eigenvalue weighted by atomic mass is 9.87. The second-order valence-corrected chi connectivity index (χ2v) is 10.9. The number of carbonyl (C=O) groups excluding carboxylic acids is 1. The lowest BCUT2D eigenvalue weighted by Gasteiger charge is -2.31. The number of hydrogen-bond acceptors (Lipinski definition) is 4. The maximum atomic E-state index is 13.9. The zero-order valence-corrected chi connectivity index (χ0v) is 22.1. The van der Waals surface area contributed by atoms with Gasteiger partial charge in [0.2, 0.25) is 0 Å². The molecule has 0 saturated carbocycles. The van der Waals surface area contributed by atoms with Gasteiger partial charge in [-0.15, -0.1) is 0 Å². The maximum absolute atomic E-state index is 13.9. The molecule has 3 aromatic carbocycles. The Morgan fingerprint density at radius 1 is 1.05 bits per heavy atom. The molecular weight excluding hydrogens is 486 g/mol. The molecule has 0 spiro atoms. The van der Waals surface area contributed by atoms with E-state index in [1.54, 1.807) is 24.3 Å². The lowest BCUT2D eigenvalue weighted by Crippen LogP contribution is -2.49. The van der Waals surface area contributed by atoms with E-state index in [0.29, 0.717) is 11.1 Å². The van der Waals surface area contributed by atoms with E-state index < -0.39 is 23.8 Å². The van der Waals surface area contributed by atoms with Crippen molar-refractivity contribution in [3.05, 3.63) is 101 Å². The van der Waals surface area contributed by atoms with E-state index in [-0.39, 0.29) is 30.5 Å². The maximum Gasteiger partial charge on any atom is 0.251 e. The first-order chi connectivity index (χ1) is 18.1. The van der Waals surface area contributed by atoms with Crippen molar-refractivity contribution in [2.45, 2.75) is 70.2 Å². The second kappa shape index (κ2) is 12.0. The van der Waals surface area contributed by atoms with Crippen LogP contribution in [0.3, 0.4) is 0 Å². The van der Waals surface area contributed by atoms with Crippen LogP contribution in [-0.4, -0.2) is 35.3 Å². The molecule has 0 fully saturated rings. The van der Waals surface area contributed by atoms with Gasteiger partial charge in [-0.1, -0.05) is 24.3 Å². The molecule has 0 radical (unpaired) electrons. The first-order valence-electron chi connectivity index (χ1n) is 13.1. The molecule has 4 rings (SSSR count). The first-order valence-corrected chi connectivity index (χ1v) is 13.1. The first kappa shape index (κ1) is 27.7. The number of aliphatic hydroxyl groups is 1. The number of hydrogen-bond donors (Lipinski definition) is 3. The third-order valence-corrected chi connectivity index (χ3v) is 6.62. The van der Waals surface area contributed by atoms with Crippen molar-refractivity contribution >= 4 is 5.91 Å². The average molecular weight is 523 g/mol. The minimum absolute atomic E-state index is 0.00834. The third kappa shape index (κ3) is 7.62. The normalized spacial score (nSPS) is 16.8. The quantitative estimate of drug-likeness (QED) is 0.347. The summed E-state index contributed by atoms with van der Waals surface area (Å²) in [6.45, 7) is 6.21. The molecule has 3 aromatic rings. The second-order valence-electron chi connectivity index (χ2n) is 10.9. The van der Waals surface area contributed by atoms with Crippen molar-refractivity contribution in [2.75, 3.05) is 6.54 Å². The molecule has 1 aliphatic carbocycles. The van der Waals surface area contributed by atoms with Gasteiger partial charge in [-0.2, -0.15) is 0 Å². The molecule has 202 valence electrons. The molecule has 7 heteroatoms. The molecule has 3 N–H and O–H groups in total. The number of carbonyl (C=O) groups is 1. The fourth-order valence-electron chi connectivity index (χ4n) is 4.92. The number of ether oxygens (including phenoxy) is 1. The number of amides is 1. The summed E-state index contributed by atoms with van der Waals surface area (Å²) < 4.78 is 33.8. The Kier molecular flexibility index (Phi) is 8.80. The highest BCUT2D eigenvalue weighted by Gasteiger charge is 2.26. The molecule has 1 amide bonds. The van der Waals surface area contributed by atoms with Gasteiger partial charge in [0.25, 0.3) is 5.91 Å². The van der Waals surface area contributed by atoms with Gasteiger partial charge in [0.15, 0.2) is 0 Å². The standard InChI is InChI=1S/C31H36F2N2O3/c1-31(2,3)38-25-13-12-21-10-7-11-27(26(21)18-25)34-19-29(36)28(16-20-14-23(32)17-24(33)15-20)35-30(37)22-8-5-4-6-9-22/h4-6,8-9,12-15,17-18,27-29,34,36H,7,10-11,16,19H2,1-3H3,(H,35,37)/t27-,28-,29-/m1/s1. The Bertz CT molecular complexity index is 1220. The zero-order valence-electron chi connectivity index (χ0n) is 22.1. The molecule has 0 heterocycles. The summed E-state index contributed by atoms with van der Waals surface area (Å²) >= 11 is 0. The van der Waals surface area contributed by atoms with E-state index >= 15 is 0 Å². The number of nitrogens with one attached hydrogen (secondary N) is 2. The lowest BCUT2D eigenvalue weighted by molar-refractivity contribution is 0.0822. The Labute approximate surface area is 223 Å². The van der Waals surface area contributed by atoms with Crippen LogP contribution in [0.5, 0.6) is 5.75 Å². The fraction of sp³-hybridized carbons (Fsp3) is 0.387. The smallest absolute Gasteiger partial charge is 0.251 e. The largest absolute Gasteiger partial charge is 0.488 e. The van der Waals surface area contributed by atoms with Gasteiger partial charge in [0.1, 0.15) is 23.0 Å². The van der Waals surface area contributed by atoms with E-state index in [2.05, 4.69) is 22.8 Å². The van der Waals surface area contributed by atoms with Crippen LogP contribution in [0, 0.1) is 11.6 Å². The molecule has 0 saturated heterocycles. The number of aliphatic hydroxyl groups excluding tert-OH is 1. The van der Waals surface area contributed by atoms with Gasteiger partial charge < -0.3 is 20.5 Å². The molecular formula is C31H36F2N2O3. The Hall–Kier alpha value is -3.29. The molecule has 5 nitrogen and oxygen atoms in total. The van der Waals surface area contributed by atoms with Crippen LogP contribution in [0.25, 0.3) is 0 Å². The van der Waals surface area contributed by atoms with E-state index in [0.717, 1.165) is 36.6 Å². The topological polar surface area (TPSA) is 70.6 Å². The van der Waals surface area contributed by atoms with Crippen molar-refractivity contribution in [3.63, 3.8) is 0 Å². The van der Waals surface area contributed by atoms with Crippen LogP contribution in [-0.2, 0) is 12.8 Å². The summed E-state index contributed by atoms with van der Waals surface area (Å²) in [5.41, 5.74) is 2.86. The molecule has 0 bridgehead atoms. The van der Waals surface area contributed by atoms with Gasteiger partial charge in [0.05, 0.1) is 12.1 Å². The summed E-state index contributed by atoms with van der Waals surface area (Å²) in [6, 6.07) is 17.3. The van der Waals surface area contributed by atoms with Crippen LogP contribution in [0.1, 0.15) is 66.7 Å². The SMILES string of the molecule is CC(C)(C)Oc1ccc2c(c1)[C@H](NC[C@@H](O)[C@@H](Cc1cc(F)cc(F)c1)NC(=O)c1ccccc1)CCC2. The highest BCUT2D eigenvalue weighted by molar-refractivity contribution is 5.94. The Balaban J connectivity index is 1.50. The van der Waals surface area contributed by atoms with Crippen molar-refractivity contribution in [1.29, 1.82) is 0 Å². The number of aryl methyl sites for hydroxylation is 1. The summed E-state index contributed by atoms with van der Waals surface area (Å²) in [5.74, 6) is -0.967. The summed E-state index contributed by atoms with van der Waals surface area (Å²) in [4.78, 5) is 12.9. The van der Waals surface area contributed by atoms with E-state index in [4.69, 9.17) is 4.74 Å². The van der Waals surface area contributed by atoms with Crippen molar-refractivity contribution in [3.8, 4) is 5.75 Å². The number of rotatable bonds is 9. The van der Waals surface area contributed by atoms with E-state index in [1.807, 2.05) is 32.9 Å². The summed E-state index contributed by atoms with van der Waals surface area (Å²) in [6.07, 6.45) is 1.95. The summed E-state index contributed by atoms with van der Waals surface area (Å²) in [7, 11) is 0. The van der Waals surface area contributed by atoms with Gasteiger partial charge in [-0.25, -0.2) is 8.78 Å². The van der Waals surface area contributed by atoms with Crippen LogP contribution in [0.4, 0.5) is 8.78 Å². The minimum atomic E-state index is -1.01. The average Bonchev–Trinajstić information content (AvgIpc) is 2.85. The summed E-state index contributed by atoms with van der Waals surface area (Å²) in [5, 5.41) is 17.5. The van der Waals surface area contributed by atoms with Crippen molar-refractivity contribution in [2.24, 2.45) is 0 Å². The highest BCUT2D eigenvalue weighted by atomic mass is 19.1. The van der Waals surface area contributed by atoms with Crippen LogP contribution >= 0.6 is 0 Å². The highest BCUT2D eigenvalue weighted by Crippen LogP contribution is 2.33. The molecule has 0 unspecified atom stereocenters. The Morgan fingerprint density at radius 2 is 1.76 bits per heavy atom. The molecule has 3 atom stereocenters. The number of halogens is 2. The molecule has 38 heavy (non-hydrogen) atoms. The molecule has 0 aromatic heterocycles. The van der Waals surface area contributed by atoms with Gasteiger partial charge in [-0.05, 0) is 99.5 Å². The number of benzene rings is 3. The van der Waals surface area contributed by atoms with Crippen LogP contribution in [0.15, 0.2) is 66.7 Å². The van der Waals surface area contributed by atoms with Gasteiger partial charge in [0, 0.05) is 24.2 Å². The predicted molar refractivity (Wildman–Crippen MR) is 144 cm³/mol. The predicted octanol–water partition coefficient (Wildman–Crippen LogP) is 5.51. The van der Waals surface area contributed by atoms with Crippen molar-refractivity contribution < 1.29 is 23.4 Å². The van der Waals surface area contributed by atoms with Crippen LogP contribution in [0.2, 0.25) is 0 Å². The van der Waals surface area contributed by atoms with Gasteiger partial charge >= 0.3 is 0 Å². The molecule has 1 aliphatic rings. The fourth-order valence-corrected chi connectivity index (χ4v) is 4.92. The van der Waals surface area contributed by atoms with Gasteiger partial charge in [-0.3, -0.25) is 4.79 Å².